The minimum Gasteiger partial charge on any atom is -0.233 e. The summed E-state index contributed by atoms with van der Waals surface area (Å²) in [6, 6.07) is 1.38. The fourth-order valence-electron chi connectivity index (χ4n) is 1.64. The molecule has 0 aliphatic heterocycles. The van der Waals surface area contributed by atoms with Crippen LogP contribution in [0.2, 0.25) is 0 Å². The molecule has 0 aromatic heterocycles. The van der Waals surface area contributed by atoms with Gasteiger partial charge in [-0.3, -0.25) is 0 Å². The molecule has 1 fully saturated rings. The van der Waals surface area contributed by atoms with Crippen molar-refractivity contribution in [1.29, 1.82) is 0 Å². The molecule has 1 aliphatic rings. The summed E-state index contributed by atoms with van der Waals surface area (Å²) >= 11 is 0. The first kappa shape index (κ1) is 7.77. The molecule has 0 aromatic rings. The van der Waals surface area contributed by atoms with Gasteiger partial charge in [0.25, 0.3) is 0 Å². The van der Waals surface area contributed by atoms with Crippen LogP contribution in [0.4, 0.5) is 0 Å². The van der Waals surface area contributed by atoms with E-state index in [-0.39, 0.29) is 0 Å². The van der Waals surface area contributed by atoms with Crippen LogP contribution in [0.3, 0.4) is 0 Å². The van der Waals surface area contributed by atoms with Gasteiger partial charge in [-0.2, -0.15) is 0 Å². The molecule has 0 N–H and O–H groups in total. The Labute approximate surface area is 63.8 Å². The molecule has 1 nitrogen and oxygen atoms in total. The maximum absolute atomic E-state index is 2.53. The summed E-state index contributed by atoms with van der Waals surface area (Å²) in [5, 5.41) is 0. The molecular weight excluding hydrogens is 122 g/mol. The molecule has 1 heteroatoms. The highest BCUT2D eigenvalue weighted by atomic mass is 15.1. The maximum atomic E-state index is 2.53. The van der Waals surface area contributed by atoms with Crippen LogP contribution >= 0.6 is 0 Å². The topological polar surface area (TPSA) is 3.01 Å². The van der Waals surface area contributed by atoms with E-state index < -0.39 is 0 Å². The van der Waals surface area contributed by atoms with Crippen molar-refractivity contribution in [3.05, 3.63) is 0 Å². The smallest absolute Gasteiger partial charge is 0.153 e. The third-order valence-corrected chi connectivity index (χ3v) is 1.95. The lowest BCUT2D eigenvalue weighted by Crippen LogP contribution is -2.28. The van der Waals surface area contributed by atoms with Crippen LogP contribution < -0.4 is 0 Å². The van der Waals surface area contributed by atoms with Crippen LogP contribution in [-0.2, 0) is 0 Å². The summed E-state index contributed by atoms with van der Waals surface area (Å²) in [7, 11) is 0. The summed E-state index contributed by atoms with van der Waals surface area (Å²) in [5.74, 6) is 0. The van der Waals surface area contributed by atoms with E-state index in [1.165, 1.54) is 12.8 Å². The van der Waals surface area contributed by atoms with Crippen molar-refractivity contribution in [3.63, 3.8) is 0 Å². The van der Waals surface area contributed by atoms with Gasteiger partial charge in [0, 0.05) is 12.8 Å². The Balaban J connectivity index is 2.70. The second kappa shape index (κ2) is 2.73. The summed E-state index contributed by atoms with van der Waals surface area (Å²) in [4.78, 5) is 0. The van der Waals surface area contributed by atoms with Gasteiger partial charge in [0.2, 0.25) is 0 Å². The molecule has 0 aromatic carbocycles. The minimum absolute atomic E-state index is 0.692. The molecule has 0 bridgehead atoms. The van der Waals surface area contributed by atoms with Gasteiger partial charge in [0.1, 0.15) is 12.1 Å². The lowest BCUT2D eigenvalue weighted by molar-refractivity contribution is -0.586. The monoisotopic (exact) mass is 140 g/mol. The zero-order chi connectivity index (χ0) is 7.72. The molecule has 0 atom stereocenters. The van der Waals surface area contributed by atoms with Crippen molar-refractivity contribution in [2.75, 3.05) is 0 Å². The summed E-state index contributed by atoms with van der Waals surface area (Å²) in [6.07, 6.45) is 2.69. The Morgan fingerprint density at radius 3 is 1.50 bits per heavy atom. The van der Waals surface area contributed by atoms with Crippen LogP contribution in [0.15, 0.2) is 0 Å². The van der Waals surface area contributed by atoms with Crippen molar-refractivity contribution in [3.8, 4) is 0 Å². The number of hydrogen-bond acceptors (Lipinski definition) is 0. The SMILES string of the molecule is CC(C)[N+](=C1CC1)C(C)C. The predicted octanol–water partition coefficient (Wildman–Crippen LogP) is 2.05. The molecule has 10 heavy (non-hydrogen) atoms. The Morgan fingerprint density at radius 1 is 1.00 bits per heavy atom. The first-order valence-corrected chi connectivity index (χ1v) is 4.26. The minimum atomic E-state index is 0.692. The molecule has 1 rings (SSSR count). The summed E-state index contributed by atoms with van der Waals surface area (Å²) < 4.78 is 2.53. The van der Waals surface area contributed by atoms with Gasteiger partial charge in [-0.25, -0.2) is 4.58 Å². The standard InChI is InChI=1S/C9H18N/c1-7(2)10(8(3)4)9-5-6-9/h7-8H,5-6H2,1-4H3/q+1. The molecule has 0 unspecified atom stereocenters. The molecule has 0 radical (unpaired) electrons. The van der Waals surface area contributed by atoms with Crippen molar-refractivity contribution >= 4 is 5.71 Å². The molecule has 0 saturated heterocycles. The lowest BCUT2D eigenvalue weighted by Gasteiger charge is -2.09. The largest absolute Gasteiger partial charge is 0.233 e. The molecule has 0 heterocycles. The molecular formula is C9H18N+. The normalized spacial score (nSPS) is 16.8. The highest BCUT2D eigenvalue weighted by Crippen LogP contribution is 2.17. The fourth-order valence-corrected chi connectivity index (χ4v) is 1.64. The van der Waals surface area contributed by atoms with Gasteiger partial charge in [-0.15, -0.1) is 0 Å². The van der Waals surface area contributed by atoms with Crippen LogP contribution in [0.1, 0.15) is 40.5 Å². The third kappa shape index (κ3) is 1.59. The Hall–Kier alpha value is -0.330. The molecule has 0 amide bonds. The highest BCUT2D eigenvalue weighted by molar-refractivity contribution is 5.93. The van der Waals surface area contributed by atoms with Gasteiger partial charge in [0.15, 0.2) is 5.71 Å². The Morgan fingerprint density at radius 2 is 1.40 bits per heavy atom. The van der Waals surface area contributed by atoms with Crippen molar-refractivity contribution < 1.29 is 4.58 Å². The van der Waals surface area contributed by atoms with Gasteiger partial charge >= 0.3 is 0 Å². The van der Waals surface area contributed by atoms with E-state index in [4.69, 9.17) is 0 Å². The first-order valence-electron chi connectivity index (χ1n) is 4.26. The fraction of sp³-hybridized carbons (Fsp3) is 0.889. The van der Waals surface area contributed by atoms with E-state index in [0.717, 1.165) is 0 Å². The summed E-state index contributed by atoms with van der Waals surface area (Å²) in [5.41, 5.74) is 1.66. The number of rotatable bonds is 2. The second-order valence-electron chi connectivity index (χ2n) is 3.66. The molecule has 58 valence electrons. The zero-order valence-corrected chi connectivity index (χ0v) is 7.52. The lowest BCUT2D eigenvalue weighted by atomic mass is 10.3. The second-order valence-corrected chi connectivity index (χ2v) is 3.66. The van der Waals surface area contributed by atoms with Crippen LogP contribution in [-0.4, -0.2) is 22.4 Å². The Bertz CT molecular complexity index is 138. The zero-order valence-electron chi connectivity index (χ0n) is 7.52. The average molecular weight is 140 g/mol. The van der Waals surface area contributed by atoms with Crippen molar-refractivity contribution in [2.45, 2.75) is 52.6 Å². The van der Waals surface area contributed by atoms with Gasteiger partial charge < -0.3 is 0 Å². The predicted molar refractivity (Wildman–Crippen MR) is 44.8 cm³/mol. The Kier molecular flexibility index (Phi) is 2.12. The van der Waals surface area contributed by atoms with Crippen LogP contribution in [0.25, 0.3) is 0 Å². The van der Waals surface area contributed by atoms with E-state index in [2.05, 4.69) is 32.3 Å². The van der Waals surface area contributed by atoms with E-state index in [9.17, 15) is 0 Å². The number of hydrogen-bond donors (Lipinski definition) is 0. The van der Waals surface area contributed by atoms with Crippen molar-refractivity contribution in [2.24, 2.45) is 0 Å². The van der Waals surface area contributed by atoms with E-state index in [1.54, 1.807) is 5.71 Å². The average Bonchev–Trinajstić information content (AvgIpc) is 2.46. The maximum Gasteiger partial charge on any atom is 0.153 e. The summed E-state index contributed by atoms with van der Waals surface area (Å²) in [6.45, 7) is 9.08. The van der Waals surface area contributed by atoms with Crippen LogP contribution in [0, 0.1) is 0 Å². The molecule has 1 aliphatic carbocycles. The van der Waals surface area contributed by atoms with Gasteiger partial charge in [-0.05, 0) is 27.7 Å². The molecule has 1 saturated carbocycles. The molecule has 0 spiro atoms. The van der Waals surface area contributed by atoms with Crippen molar-refractivity contribution in [1.82, 2.24) is 0 Å². The quantitative estimate of drug-likeness (QED) is 0.516. The van der Waals surface area contributed by atoms with Gasteiger partial charge in [-0.1, -0.05) is 0 Å². The van der Waals surface area contributed by atoms with E-state index >= 15 is 0 Å². The van der Waals surface area contributed by atoms with Gasteiger partial charge in [0.05, 0.1) is 0 Å². The highest BCUT2D eigenvalue weighted by Gasteiger charge is 2.29. The first-order chi connectivity index (χ1) is 4.63. The third-order valence-electron chi connectivity index (χ3n) is 1.95. The van der Waals surface area contributed by atoms with E-state index in [0.29, 0.717) is 12.1 Å². The van der Waals surface area contributed by atoms with E-state index in [1.807, 2.05) is 0 Å². The van der Waals surface area contributed by atoms with Crippen LogP contribution in [0.5, 0.6) is 0 Å². The number of nitrogens with zero attached hydrogens (tertiary/aromatic N) is 1.